The molecule has 0 aliphatic heterocycles. The van der Waals surface area contributed by atoms with Gasteiger partial charge in [0, 0.05) is 43.7 Å². The monoisotopic (exact) mass is 267 g/mol. The number of nitrogens with zero attached hydrogens (tertiary/aromatic N) is 1. The molecule has 0 aliphatic rings. The summed E-state index contributed by atoms with van der Waals surface area (Å²) in [5.41, 5.74) is 1.51. The van der Waals surface area contributed by atoms with E-state index < -0.39 is 4.92 Å². The average molecular weight is 267 g/mol. The number of non-ortho nitro benzene ring substituents is 1. The molecular weight excluding hydrogens is 246 g/mol. The molecule has 0 saturated carbocycles. The lowest BCUT2D eigenvalue weighted by molar-refractivity contribution is -0.384. The predicted octanol–water partition coefficient (Wildman–Crippen LogP) is 2.86. The van der Waals surface area contributed by atoms with Crippen LogP contribution in [0.25, 0.3) is 0 Å². The van der Waals surface area contributed by atoms with Crippen molar-refractivity contribution in [2.24, 2.45) is 0 Å². The third-order valence-corrected chi connectivity index (χ3v) is 2.79. The Kier molecular flexibility index (Phi) is 6.08. The summed E-state index contributed by atoms with van der Waals surface area (Å²) >= 11 is 0. The van der Waals surface area contributed by atoms with Crippen molar-refractivity contribution >= 4 is 17.1 Å². The highest BCUT2D eigenvalue weighted by molar-refractivity contribution is 5.63. The summed E-state index contributed by atoms with van der Waals surface area (Å²) in [4.78, 5) is 10.5. The quantitative estimate of drug-likeness (QED) is 0.559. The van der Waals surface area contributed by atoms with Crippen LogP contribution in [0.5, 0.6) is 0 Å². The molecule has 1 aromatic rings. The molecule has 0 aromatic heterocycles. The van der Waals surface area contributed by atoms with E-state index in [0.717, 1.165) is 18.5 Å². The molecule has 0 bridgehead atoms. The fourth-order valence-corrected chi connectivity index (χ4v) is 1.93. The van der Waals surface area contributed by atoms with Gasteiger partial charge in [0.25, 0.3) is 5.69 Å². The number of nitro groups is 1. The van der Waals surface area contributed by atoms with Gasteiger partial charge in [-0.2, -0.15) is 0 Å². The molecule has 0 amide bonds. The van der Waals surface area contributed by atoms with E-state index in [1.54, 1.807) is 20.2 Å². The van der Waals surface area contributed by atoms with Gasteiger partial charge in [-0.25, -0.2) is 0 Å². The summed E-state index contributed by atoms with van der Waals surface area (Å²) in [6.07, 6.45) is 1.97. The van der Waals surface area contributed by atoms with Gasteiger partial charge in [-0.1, -0.05) is 13.3 Å². The molecule has 1 atom stereocenters. The molecule has 0 radical (unpaired) electrons. The molecule has 6 heteroatoms. The Labute approximate surface area is 113 Å². The van der Waals surface area contributed by atoms with Crippen molar-refractivity contribution in [3.63, 3.8) is 0 Å². The normalized spacial score (nSPS) is 11.9. The fourth-order valence-electron chi connectivity index (χ4n) is 1.93. The Balaban J connectivity index is 2.91. The molecule has 1 rings (SSSR count). The van der Waals surface area contributed by atoms with E-state index in [-0.39, 0.29) is 11.7 Å². The number of ether oxygens (including phenoxy) is 1. The van der Waals surface area contributed by atoms with Crippen molar-refractivity contribution in [1.82, 2.24) is 0 Å². The molecule has 106 valence electrons. The van der Waals surface area contributed by atoms with E-state index in [4.69, 9.17) is 4.74 Å². The number of hydrogen-bond donors (Lipinski definition) is 2. The van der Waals surface area contributed by atoms with Crippen molar-refractivity contribution in [3.8, 4) is 0 Å². The summed E-state index contributed by atoms with van der Waals surface area (Å²) in [7, 11) is 3.39. The molecule has 1 aromatic carbocycles. The zero-order valence-electron chi connectivity index (χ0n) is 11.6. The number of methoxy groups -OCH3 is 1. The maximum atomic E-state index is 10.9. The lowest BCUT2D eigenvalue weighted by Crippen LogP contribution is -2.24. The van der Waals surface area contributed by atoms with Crippen molar-refractivity contribution < 1.29 is 9.66 Å². The molecular formula is C13H21N3O3. The molecule has 2 N–H and O–H groups in total. The average Bonchev–Trinajstić information content (AvgIpc) is 2.38. The first-order chi connectivity index (χ1) is 9.10. The number of nitro benzene ring substituents is 1. The van der Waals surface area contributed by atoms with Crippen LogP contribution in [0.1, 0.15) is 19.8 Å². The van der Waals surface area contributed by atoms with Crippen molar-refractivity contribution in [2.45, 2.75) is 25.8 Å². The Bertz CT molecular complexity index is 418. The van der Waals surface area contributed by atoms with Gasteiger partial charge in [0.2, 0.25) is 0 Å². The van der Waals surface area contributed by atoms with Crippen LogP contribution in [-0.4, -0.2) is 31.7 Å². The van der Waals surface area contributed by atoms with Gasteiger partial charge >= 0.3 is 0 Å². The highest BCUT2D eigenvalue weighted by atomic mass is 16.6. The largest absolute Gasteiger partial charge is 0.388 e. The summed E-state index contributed by atoms with van der Waals surface area (Å²) in [5, 5.41) is 17.1. The number of anilines is 2. The van der Waals surface area contributed by atoms with Gasteiger partial charge in [0.15, 0.2) is 0 Å². The highest BCUT2D eigenvalue weighted by Crippen LogP contribution is 2.25. The van der Waals surface area contributed by atoms with E-state index in [9.17, 15) is 10.1 Å². The molecule has 0 spiro atoms. The van der Waals surface area contributed by atoms with E-state index >= 15 is 0 Å². The summed E-state index contributed by atoms with van der Waals surface area (Å²) in [6, 6.07) is 5.06. The summed E-state index contributed by atoms with van der Waals surface area (Å²) < 4.78 is 5.15. The van der Waals surface area contributed by atoms with Gasteiger partial charge in [-0.15, -0.1) is 0 Å². The molecule has 0 heterocycles. The highest BCUT2D eigenvalue weighted by Gasteiger charge is 2.12. The van der Waals surface area contributed by atoms with Gasteiger partial charge < -0.3 is 15.4 Å². The van der Waals surface area contributed by atoms with Crippen LogP contribution in [0.3, 0.4) is 0 Å². The standard InChI is InChI=1S/C13H21N3O3/c1-4-5-10(9-19-3)15-12-6-11(14-2)7-13(8-12)16(17)18/h6-8,10,14-15H,4-5,9H2,1-3H3. The minimum absolute atomic E-state index is 0.0713. The third kappa shape index (κ3) is 4.75. The minimum Gasteiger partial charge on any atom is -0.388 e. The van der Waals surface area contributed by atoms with Crippen LogP contribution in [0.15, 0.2) is 18.2 Å². The lowest BCUT2D eigenvalue weighted by atomic mass is 10.1. The SMILES string of the molecule is CCCC(COC)Nc1cc(NC)cc([N+](=O)[O-])c1. The van der Waals surface area contributed by atoms with E-state index in [1.165, 1.54) is 6.07 Å². The van der Waals surface area contributed by atoms with E-state index in [1.807, 2.05) is 6.07 Å². The van der Waals surface area contributed by atoms with Gasteiger partial charge in [0.1, 0.15) is 0 Å². The predicted molar refractivity (Wildman–Crippen MR) is 76.8 cm³/mol. The smallest absolute Gasteiger partial charge is 0.273 e. The maximum absolute atomic E-state index is 10.9. The first-order valence-corrected chi connectivity index (χ1v) is 6.33. The number of nitrogens with one attached hydrogen (secondary N) is 2. The van der Waals surface area contributed by atoms with Crippen molar-refractivity contribution in [3.05, 3.63) is 28.3 Å². The summed E-state index contributed by atoms with van der Waals surface area (Å²) in [5.74, 6) is 0. The second kappa shape index (κ2) is 7.58. The molecule has 1 unspecified atom stereocenters. The number of rotatable bonds is 8. The van der Waals surface area contributed by atoms with Crippen LogP contribution in [-0.2, 0) is 4.74 Å². The first kappa shape index (κ1) is 15.2. The van der Waals surface area contributed by atoms with E-state index in [2.05, 4.69) is 17.6 Å². The Morgan fingerprint density at radius 3 is 2.58 bits per heavy atom. The van der Waals surface area contributed by atoms with Crippen LogP contribution >= 0.6 is 0 Å². The fraction of sp³-hybridized carbons (Fsp3) is 0.538. The second-order valence-corrected chi connectivity index (χ2v) is 4.36. The Morgan fingerprint density at radius 1 is 1.37 bits per heavy atom. The molecule has 0 aliphatic carbocycles. The van der Waals surface area contributed by atoms with Crippen LogP contribution in [0.4, 0.5) is 17.1 Å². The van der Waals surface area contributed by atoms with Crippen molar-refractivity contribution in [2.75, 3.05) is 31.4 Å². The van der Waals surface area contributed by atoms with Crippen molar-refractivity contribution in [1.29, 1.82) is 0 Å². The lowest BCUT2D eigenvalue weighted by Gasteiger charge is -2.19. The van der Waals surface area contributed by atoms with Crippen LogP contribution in [0, 0.1) is 10.1 Å². The molecule has 6 nitrogen and oxygen atoms in total. The molecule has 19 heavy (non-hydrogen) atoms. The summed E-state index contributed by atoms with van der Waals surface area (Å²) in [6.45, 7) is 2.67. The zero-order chi connectivity index (χ0) is 14.3. The van der Waals surface area contributed by atoms with Gasteiger partial charge in [-0.05, 0) is 12.5 Å². The Morgan fingerprint density at radius 2 is 2.05 bits per heavy atom. The van der Waals surface area contributed by atoms with Gasteiger partial charge in [0.05, 0.1) is 11.5 Å². The molecule has 0 fully saturated rings. The van der Waals surface area contributed by atoms with Gasteiger partial charge in [-0.3, -0.25) is 10.1 Å². The number of hydrogen-bond acceptors (Lipinski definition) is 5. The topological polar surface area (TPSA) is 76.4 Å². The Hall–Kier alpha value is -1.82. The van der Waals surface area contributed by atoms with E-state index in [0.29, 0.717) is 12.3 Å². The maximum Gasteiger partial charge on any atom is 0.273 e. The second-order valence-electron chi connectivity index (χ2n) is 4.36. The minimum atomic E-state index is -0.392. The molecule has 0 saturated heterocycles. The van der Waals surface area contributed by atoms with Crippen LogP contribution in [0.2, 0.25) is 0 Å². The first-order valence-electron chi connectivity index (χ1n) is 6.33. The number of benzene rings is 1. The zero-order valence-corrected chi connectivity index (χ0v) is 11.6. The van der Waals surface area contributed by atoms with Crippen LogP contribution < -0.4 is 10.6 Å². The third-order valence-electron chi connectivity index (χ3n) is 2.79.